The third-order valence-electron chi connectivity index (χ3n) is 4.77. The molecule has 3 aromatic rings. The van der Waals surface area contributed by atoms with Gasteiger partial charge in [0.05, 0.1) is 26.5 Å². The summed E-state index contributed by atoms with van der Waals surface area (Å²) in [5.41, 5.74) is 0.942. The van der Waals surface area contributed by atoms with Crippen LogP contribution < -0.4 is 29.7 Å². The molecule has 0 aliphatic rings. The lowest BCUT2D eigenvalue weighted by Crippen LogP contribution is -2.24. The number of ether oxygens (including phenoxy) is 4. The monoisotopic (exact) mass is 438 g/mol. The van der Waals surface area contributed by atoms with Crippen LogP contribution in [0.15, 0.2) is 65.6 Å². The molecule has 0 aliphatic carbocycles. The van der Waals surface area contributed by atoms with E-state index in [1.165, 1.54) is 6.07 Å². The molecular weight excluding hydrogens is 412 g/mol. The van der Waals surface area contributed by atoms with Gasteiger partial charge in [-0.15, -0.1) is 0 Å². The van der Waals surface area contributed by atoms with E-state index in [2.05, 4.69) is 5.32 Å². The Morgan fingerprint density at radius 2 is 1.47 bits per heavy atom. The van der Waals surface area contributed by atoms with E-state index in [0.29, 0.717) is 30.3 Å². The molecule has 0 spiro atoms. The highest BCUT2D eigenvalue weighted by Crippen LogP contribution is 2.18. The third-order valence-corrected chi connectivity index (χ3v) is 4.77. The highest BCUT2D eigenvalue weighted by atomic mass is 16.5. The topological polar surface area (TPSA) is 88.0 Å². The maximum Gasteiger partial charge on any atom is 0.262 e. The first kappa shape index (κ1) is 22.7. The number of pyridine rings is 1. The van der Waals surface area contributed by atoms with Gasteiger partial charge >= 0.3 is 0 Å². The number of nitrogens with one attached hydrogen (secondary N) is 1. The first-order chi connectivity index (χ1) is 15.5. The molecule has 0 aliphatic heterocycles. The normalized spacial score (nSPS) is 10.3. The Morgan fingerprint density at radius 3 is 2.09 bits per heavy atom. The van der Waals surface area contributed by atoms with Gasteiger partial charge in [-0.1, -0.05) is 0 Å². The Hall–Kier alpha value is -3.94. The summed E-state index contributed by atoms with van der Waals surface area (Å²) in [6.07, 6.45) is 1.68. The summed E-state index contributed by atoms with van der Waals surface area (Å²) < 4.78 is 23.4. The molecule has 0 fully saturated rings. The van der Waals surface area contributed by atoms with E-state index in [0.717, 1.165) is 11.5 Å². The van der Waals surface area contributed by atoms with Crippen LogP contribution in [0.2, 0.25) is 0 Å². The van der Waals surface area contributed by atoms with Crippen LogP contribution in [0.25, 0.3) is 0 Å². The number of carbonyl (C=O) groups excluding carboxylic acids is 1. The molecule has 0 radical (unpaired) electrons. The van der Waals surface area contributed by atoms with Crippen LogP contribution in [0.3, 0.4) is 0 Å². The Bertz CT molecular complexity index is 1090. The summed E-state index contributed by atoms with van der Waals surface area (Å²) in [6, 6.07) is 15.6. The van der Waals surface area contributed by atoms with Crippen LogP contribution in [0.4, 0.5) is 5.69 Å². The second kappa shape index (κ2) is 10.9. The number of nitrogens with zero attached hydrogens (tertiary/aromatic N) is 1. The zero-order valence-electron chi connectivity index (χ0n) is 18.3. The van der Waals surface area contributed by atoms with Crippen molar-refractivity contribution in [3.05, 3.63) is 76.7 Å². The minimum atomic E-state index is -0.368. The second-order valence-corrected chi connectivity index (χ2v) is 6.88. The van der Waals surface area contributed by atoms with Gasteiger partial charge in [-0.3, -0.25) is 9.59 Å². The maximum atomic E-state index is 12.3. The molecule has 1 aromatic heterocycles. The van der Waals surface area contributed by atoms with E-state index in [1.54, 1.807) is 51.6 Å². The molecule has 0 atom stereocenters. The van der Waals surface area contributed by atoms with Crippen LogP contribution >= 0.6 is 0 Å². The quantitative estimate of drug-likeness (QED) is 0.523. The zero-order valence-corrected chi connectivity index (χ0v) is 18.3. The number of anilines is 1. The maximum absolute atomic E-state index is 12.3. The molecule has 8 nitrogen and oxygen atoms in total. The highest BCUT2D eigenvalue weighted by molar-refractivity contribution is 5.91. The van der Waals surface area contributed by atoms with E-state index < -0.39 is 0 Å². The number of rotatable bonds is 10. The predicted octanol–water partition coefficient (Wildman–Crippen LogP) is 3.27. The van der Waals surface area contributed by atoms with Gasteiger partial charge in [0.1, 0.15) is 23.9 Å². The summed E-state index contributed by atoms with van der Waals surface area (Å²) in [5.74, 6) is 1.94. The van der Waals surface area contributed by atoms with E-state index in [1.807, 2.05) is 28.8 Å². The number of carbonyl (C=O) groups is 1. The summed E-state index contributed by atoms with van der Waals surface area (Å²) in [5, 5.41) is 2.72. The molecule has 1 N–H and O–H groups in total. The largest absolute Gasteiger partial charge is 0.497 e. The molecule has 3 rings (SSSR count). The first-order valence-electron chi connectivity index (χ1n) is 10.0. The van der Waals surface area contributed by atoms with Crippen LogP contribution in [-0.4, -0.2) is 37.9 Å². The van der Waals surface area contributed by atoms with Crippen molar-refractivity contribution in [3.8, 4) is 23.0 Å². The summed E-state index contributed by atoms with van der Waals surface area (Å²) >= 11 is 0. The zero-order chi connectivity index (χ0) is 22.9. The number of hydrogen-bond acceptors (Lipinski definition) is 6. The summed E-state index contributed by atoms with van der Waals surface area (Å²) in [7, 11) is 3.18. The number of amides is 1. The number of aromatic nitrogens is 1. The lowest BCUT2D eigenvalue weighted by atomic mass is 10.3. The number of methoxy groups -OCH3 is 2. The molecule has 8 heteroatoms. The SMILES string of the molecule is COc1ccc(NC(=O)COc2c(C)n(CCOc3ccc(OC)cc3)ccc2=O)cc1. The molecule has 1 amide bonds. The lowest BCUT2D eigenvalue weighted by Gasteiger charge is -2.15. The average Bonchev–Trinajstić information content (AvgIpc) is 2.81. The van der Waals surface area contributed by atoms with Crippen molar-refractivity contribution < 1.29 is 23.7 Å². The molecule has 32 heavy (non-hydrogen) atoms. The minimum absolute atomic E-state index is 0.141. The van der Waals surface area contributed by atoms with Gasteiger partial charge in [0.2, 0.25) is 5.43 Å². The molecule has 1 heterocycles. The van der Waals surface area contributed by atoms with Crippen molar-refractivity contribution in [1.29, 1.82) is 0 Å². The van der Waals surface area contributed by atoms with Crippen molar-refractivity contribution in [2.24, 2.45) is 0 Å². The Labute approximate surface area is 186 Å². The molecule has 0 saturated heterocycles. The molecule has 0 unspecified atom stereocenters. The first-order valence-corrected chi connectivity index (χ1v) is 10.0. The predicted molar refractivity (Wildman–Crippen MR) is 121 cm³/mol. The van der Waals surface area contributed by atoms with Crippen LogP contribution in [-0.2, 0) is 11.3 Å². The van der Waals surface area contributed by atoms with Gasteiger partial charge in [0.15, 0.2) is 12.4 Å². The summed E-state index contributed by atoms with van der Waals surface area (Å²) in [6.45, 7) is 2.39. The van der Waals surface area contributed by atoms with Gasteiger partial charge in [-0.05, 0) is 55.5 Å². The van der Waals surface area contributed by atoms with E-state index in [9.17, 15) is 9.59 Å². The molecule has 0 bridgehead atoms. The standard InChI is InChI=1S/C24H26N2O6/c1-17-24(32-16-23(28)25-18-4-6-19(29-2)7-5-18)22(27)12-13-26(17)14-15-31-21-10-8-20(30-3)9-11-21/h4-13H,14-16H2,1-3H3,(H,25,28). The average molecular weight is 438 g/mol. The molecular formula is C24H26N2O6. The van der Waals surface area contributed by atoms with Crippen LogP contribution in [0.5, 0.6) is 23.0 Å². The smallest absolute Gasteiger partial charge is 0.262 e. The van der Waals surface area contributed by atoms with Gasteiger partial charge < -0.3 is 28.8 Å². The molecule has 0 saturated carbocycles. The Morgan fingerprint density at radius 1 is 0.875 bits per heavy atom. The van der Waals surface area contributed by atoms with Crippen molar-refractivity contribution in [2.45, 2.75) is 13.5 Å². The Balaban J connectivity index is 1.56. The van der Waals surface area contributed by atoms with Crippen molar-refractivity contribution in [1.82, 2.24) is 4.57 Å². The van der Waals surface area contributed by atoms with Crippen molar-refractivity contribution in [3.63, 3.8) is 0 Å². The Kier molecular flexibility index (Phi) is 7.75. The third kappa shape index (κ3) is 6.04. The van der Waals surface area contributed by atoms with Crippen LogP contribution in [0.1, 0.15) is 5.69 Å². The fraction of sp³-hybridized carbons (Fsp3) is 0.250. The van der Waals surface area contributed by atoms with Gasteiger partial charge in [-0.2, -0.15) is 0 Å². The second-order valence-electron chi connectivity index (χ2n) is 6.88. The van der Waals surface area contributed by atoms with Crippen molar-refractivity contribution in [2.75, 3.05) is 32.8 Å². The molecule has 168 valence electrons. The number of hydrogen-bond donors (Lipinski definition) is 1. The van der Waals surface area contributed by atoms with Gasteiger partial charge in [0, 0.05) is 18.0 Å². The molecule has 2 aromatic carbocycles. The highest BCUT2D eigenvalue weighted by Gasteiger charge is 2.12. The minimum Gasteiger partial charge on any atom is -0.497 e. The van der Waals surface area contributed by atoms with Gasteiger partial charge in [-0.25, -0.2) is 0 Å². The van der Waals surface area contributed by atoms with Gasteiger partial charge in [0.25, 0.3) is 5.91 Å². The fourth-order valence-electron chi connectivity index (χ4n) is 3.01. The fourth-order valence-corrected chi connectivity index (χ4v) is 3.01. The summed E-state index contributed by atoms with van der Waals surface area (Å²) in [4.78, 5) is 24.5. The van der Waals surface area contributed by atoms with E-state index in [-0.39, 0.29) is 23.7 Å². The lowest BCUT2D eigenvalue weighted by molar-refractivity contribution is -0.118. The number of benzene rings is 2. The van der Waals surface area contributed by atoms with E-state index >= 15 is 0 Å². The van der Waals surface area contributed by atoms with E-state index in [4.69, 9.17) is 18.9 Å². The van der Waals surface area contributed by atoms with Crippen molar-refractivity contribution >= 4 is 11.6 Å². The van der Waals surface area contributed by atoms with Crippen LogP contribution in [0, 0.1) is 6.92 Å².